The SMILES string of the molecule is CCC(C)C(=O)N1CCC2CCC(C1)N2. The first-order valence-electron chi connectivity index (χ1n) is 6.25. The van der Waals surface area contributed by atoms with Crippen molar-refractivity contribution in [1.82, 2.24) is 10.2 Å². The maximum Gasteiger partial charge on any atom is 0.225 e. The molecule has 2 heterocycles. The van der Waals surface area contributed by atoms with Crippen molar-refractivity contribution in [2.45, 2.75) is 51.6 Å². The highest BCUT2D eigenvalue weighted by molar-refractivity contribution is 5.78. The zero-order valence-electron chi connectivity index (χ0n) is 9.83. The monoisotopic (exact) mass is 210 g/mol. The smallest absolute Gasteiger partial charge is 0.225 e. The summed E-state index contributed by atoms with van der Waals surface area (Å²) in [6.07, 6.45) is 4.64. The molecule has 1 amide bonds. The lowest BCUT2D eigenvalue weighted by Crippen LogP contribution is -2.41. The zero-order valence-corrected chi connectivity index (χ0v) is 9.83. The fourth-order valence-corrected chi connectivity index (χ4v) is 2.63. The van der Waals surface area contributed by atoms with Gasteiger partial charge in [-0.25, -0.2) is 0 Å². The molecule has 0 aromatic carbocycles. The maximum atomic E-state index is 12.1. The van der Waals surface area contributed by atoms with Gasteiger partial charge >= 0.3 is 0 Å². The molecule has 3 unspecified atom stereocenters. The van der Waals surface area contributed by atoms with Gasteiger partial charge in [0.05, 0.1) is 0 Å². The molecule has 0 aromatic heterocycles. The van der Waals surface area contributed by atoms with Crippen LogP contribution in [-0.2, 0) is 4.79 Å². The Bertz CT molecular complexity index is 242. The largest absolute Gasteiger partial charge is 0.341 e. The molecule has 0 spiro atoms. The van der Waals surface area contributed by atoms with Gasteiger partial charge in [-0.1, -0.05) is 13.8 Å². The van der Waals surface area contributed by atoms with E-state index in [2.05, 4.69) is 17.1 Å². The first kappa shape index (κ1) is 10.9. The fourth-order valence-electron chi connectivity index (χ4n) is 2.63. The van der Waals surface area contributed by atoms with Crippen LogP contribution >= 0.6 is 0 Å². The van der Waals surface area contributed by atoms with Gasteiger partial charge in [-0.05, 0) is 25.7 Å². The van der Waals surface area contributed by atoms with E-state index in [1.165, 1.54) is 12.8 Å². The molecule has 2 bridgehead atoms. The Morgan fingerprint density at radius 1 is 1.40 bits per heavy atom. The molecule has 3 heteroatoms. The number of carbonyl (C=O) groups excluding carboxylic acids is 1. The summed E-state index contributed by atoms with van der Waals surface area (Å²) >= 11 is 0. The van der Waals surface area contributed by atoms with Crippen LogP contribution in [0.3, 0.4) is 0 Å². The Kier molecular flexibility index (Phi) is 3.29. The topological polar surface area (TPSA) is 32.3 Å². The lowest BCUT2D eigenvalue weighted by atomic mass is 10.0. The van der Waals surface area contributed by atoms with Gasteiger partial charge in [0.2, 0.25) is 5.91 Å². The van der Waals surface area contributed by atoms with Crippen LogP contribution in [0.15, 0.2) is 0 Å². The summed E-state index contributed by atoms with van der Waals surface area (Å²) in [7, 11) is 0. The molecule has 1 N–H and O–H groups in total. The van der Waals surface area contributed by atoms with Crippen molar-refractivity contribution in [3.05, 3.63) is 0 Å². The molecule has 3 nitrogen and oxygen atoms in total. The third-order valence-corrected chi connectivity index (χ3v) is 3.87. The average molecular weight is 210 g/mol. The van der Waals surface area contributed by atoms with E-state index >= 15 is 0 Å². The maximum absolute atomic E-state index is 12.1. The number of nitrogens with one attached hydrogen (secondary N) is 1. The Labute approximate surface area is 92.2 Å². The van der Waals surface area contributed by atoms with Crippen molar-refractivity contribution in [1.29, 1.82) is 0 Å². The highest BCUT2D eigenvalue weighted by Gasteiger charge is 2.31. The molecule has 0 aliphatic carbocycles. The molecule has 2 saturated heterocycles. The second-order valence-corrected chi connectivity index (χ2v) is 5.02. The fraction of sp³-hybridized carbons (Fsp3) is 0.917. The summed E-state index contributed by atoms with van der Waals surface area (Å²) in [5.74, 6) is 0.550. The number of nitrogens with zero attached hydrogens (tertiary/aromatic N) is 1. The normalized spacial score (nSPS) is 32.5. The van der Waals surface area contributed by atoms with Crippen molar-refractivity contribution >= 4 is 5.91 Å². The molecule has 15 heavy (non-hydrogen) atoms. The Balaban J connectivity index is 1.95. The van der Waals surface area contributed by atoms with Crippen LogP contribution in [0.5, 0.6) is 0 Å². The van der Waals surface area contributed by atoms with Crippen LogP contribution in [-0.4, -0.2) is 36.0 Å². The first-order chi connectivity index (χ1) is 7.20. The number of fused-ring (bicyclic) bond motifs is 2. The summed E-state index contributed by atoms with van der Waals surface area (Å²) < 4.78 is 0. The lowest BCUT2D eigenvalue weighted by molar-refractivity contribution is -0.135. The summed E-state index contributed by atoms with van der Waals surface area (Å²) in [6.45, 7) is 6.01. The second kappa shape index (κ2) is 4.52. The summed E-state index contributed by atoms with van der Waals surface area (Å²) in [4.78, 5) is 14.1. The highest BCUT2D eigenvalue weighted by atomic mass is 16.2. The number of hydrogen-bond donors (Lipinski definition) is 1. The predicted molar refractivity (Wildman–Crippen MR) is 60.6 cm³/mol. The second-order valence-electron chi connectivity index (χ2n) is 5.02. The van der Waals surface area contributed by atoms with Gasteiger partial charge in [0.25, 0.3) is 0 Å². The molecule has 2 aliphatic heterocycles. The van der Waals surface area contributed by atoms with Crippen LogP contribution in [0.2, 0.25) is 0 Å². The summed E-state index contributed by atoms with van der Waals surface area (Å²) in [5, 5.41) is 3.60. The minimum Gasteiger partial charge on any atom is -0.341 e. The van der Waals surface area contributed by atoms with Gasteiger partial charge in [-0.15, -0.1) is 0 Å². The number of rotatable bonds is 2. The molecule has 2 aliphatic rings. The number of amides is 1. The number of hydrogen-bond acceptors (Lipinski definition) is 2. The molecule has 86 valence electrons. The highest BCUT2D eigenvalue weighted by Crippen LogP contribution is 2.21. The average Bonchev–Trinajstić information content (AvgIpc) is 2.56. The van der Waals surface area contributed by atoms with Crippen LogP contribution in [0, 0.1) is 5.92 Å². The standard InChI is InChI=1S/C12H22N2O/c1-3-9(2)12(15)14-7-6-10-4-5-11(8-14)13-10/h9-11,13H,3-8H2,1-2H3. The predicted octanol–water partition coefficient (Wildman–Crippen LogP) is 1.39. The van der Waals surface area contributed by atoms with Crippen LogP contribution in [0.4, 0.5) is 0 Å². The van der Waals surface area contributed by atoms with Crippen LogP contribution < -0.4 is 5.32 Å². The van der Waals surface area contributed by atoms with Crippen molar-refractivity contribution in [3.63, 3.8) is 0 Å². The van der Waals surface area contributed by atoms with Gasteiger partial charge in [-0.2, -0.15) is 0 Å². The molecule has 2 fully saturated rings. The Morgan fingerprint density at radius 2 is 2.13 bits per heavy atom. The molecular formula is C12H22N2O. The van der Waals surface area contributed by atoms with Gasteiger partial charge < -0.3 is 10.2 Å². The van der Waals surface area contributed by atoms with Crippen molar-refractivity contribution in [3.8, 4) is 0 Å². The third kappa shape index (κ3) is 2.33. The van der Waals surface area contributed by atoms with E-state index in [4.69, 9.17) is 0 Å². The minimum atomic E-state index is 0.196. The van der Waals surface area contributed by atoms with Crippen molar-refractivity contribution < 1.29 is 4.79 Å². The Hall–Kier alpha value is -0.570. The van der Waals surface area contributed by atoms with Gasteiger partial charge in [-0.3, -0.25) is 4.79 Å². The molecule has 0 saturated carbocycles. The third-order valence-electron chi connectivity index (χ3n) is 3.87. The quantitative estimate of drug-likeness (QED) is 0.747. The number of likely N-dealkylation sites (tertiary alicyclic amines) is 1. The van der Waals surface area contributed by atoms with E-state index in [0.29, 0.717) is 18.0 Å². The van der Waals surface area contributed by atoms with Crippen molar-refractivity contribution in [2.75, 3.05) is 13.1 Å². The lowest BCUT2D eigenvalue weighted by Gasteiger charge is -2.26. The number of carbonyl (C=O) groups is 1. The molecule has 0 aromatic rings. The Morgan fingerprint density at radius 3 is 2.87 bits per heavy atom. The van der Waals surface area contributed by atoms with E-state index in [-0.39, 0.29) is 5.92 Å². The molecule has 0 radical (unpaired) electrons. The zero-order chi connectivity index (χ0) is 10.8. The minimum absolute atomic E-state index is 0.196. The van der Waals surface area contributed by atoms with E-state index < -0.39 is 0 Å². The molecular weight excluding hydrogens is 188 g/mol. The van der Waals surface area contributed by atoms with Gasteiger partial charge in [0.15, 0.2) is 0 Å². The van der Waals surface area contributed by atoms with Gasteiger partial charge in [0.1, 0.15) is 0 Å². The summed E-state index contributed by atoms with van der Waals surface area (Å²) in [5.41, 5.74) is 0. The van der Waals surface area contributed by atoms with E-state index in [1.807, 2.05) is 6.92 Å². The van der Waals surface area contributed by atoms with E-state index in [9.17, 15) is 4.79 Å². The van der Waals surface area contributed by atoms with E-state index in [1.54, 1.807) is 0 Å². The van der Waals surface area contributed by atoms with E-state index in [0.717, 1.165) is 25.9 Å². The molecule has 3 atom stereocenters. The van der Waals surface area contributed by atoms with Crippen LogP contribution in [0.25, 0.3) is 0 Å². The van der Waals surface area contributed by atoms with Gasteiger partial charge in [0, 0.05) is 31.1 Å². The van der Waals surface area contributed by atoms with Crippen LogP contribution in [0.1, 0.15) is 39.5 Å². The summed E-state index contributed by atoms with van der Waals surface area (Å²) in [6, 6.07) is 1.23. The molecule has 2 rings (SSSR count). The van der Waals surface area contributed by atoms with Crippen molar-refractivity contribution in [2.24, 2.45) is 5.92 Å². The first-order valence-corrected chi connectivity index (χ1v) is 6.25.